The molecular weight excluding hydrogens is 254 g/mol. The second kappa shape index (κ2) is 6.13. The van der Waals surface area contributed by atoms with Crippen LogP contribution >= 0.6 is 0 Å². The molecule has 110 valence electrons. The van der Waals surface area contributed by atoms with Crippen molar-refractivity contribution in [2.45, 2.75) is 25.3 Å². The molecule has 0 fully saturated rings. The van der Waals surface area contributed by atoms with Crippen LogP contribution in [0.15, 0.2) is 24.3 Å². The summed E-state index contributed by atoms with van der Waals surface area (Å²) in [6.07, 6.45) is 1.63. The Morgan fingerprint density at radius 2 is 2.25 bits per heavy atom. The van der Waals surface area contributed by atoms with Gasteiger partial charge in [0, 0.05) is 13.1 Å². The molecule has 1 unspecified atom stereocenters. The van der Waals surface area contributed by atoms with Crippen molar-refractivity contribution in [3.63, 3.8) is 0 Å². The van der Waals surface area contributed by atoms with Gasteiger partial charge in [-0.05, 0) is 38.9 Å². The average Bonchev–Trinajstić information content (AvgIpc) is 2.67. The molecule has 0 aliphatic carbocycles. The first-order chi connectivity index (χ1) is 9.57. The van der Waals surface area contributed by atoms with Gasteiger partial charge in [0.1, 0.15) is 5.75 Å². The van der Waals surface area contributed by atoms with Crippen LogP contribution in [0, 0.1) is 0 Å². The number of benzene rings is 1. The highest BCUT2D eigenvalue weighted by Gasteiger charge is 2.30. The van der Waals surface area contributed by atoms with Crippen LogP contribution < -0.4 is 20.7 Å². The zero-order valence-corrected chi connectivity index (χ0v) is 12.2. The number of anilines is 1. The minimum Gasteiger partial charge on any atom is -0.491 e. The highest BCUT2D eigenvalue weighted by molar-refractivity contribution is 5.84. The predicted octanol–water partition coefficient (Wildman–Crippen LogP) is 1.13. The molecule has 1 aromatic rings. The first kappa shape index (κ1) is 14.7. The quantitative estimate of drug-likeness (QED) is 0.846. The van der Waals surface area contributed by atoms with Crippen LogP contribution in [0.1, 0.15) is 19.8 Å². The molecule has 1 aliphatic rings. The summed E-state index contributed by atoms with van der Waals surface area (Å²) in [7, 11) is 1.77. The summed E-state index contributed by atoms with van der Waals surface area (Å²) in [6, 6.07) is 8.02. The number of para-hydroxylation sites is 2. The van der Waals surface area contributed by atoms with Gasteiger partial charge in [-0.15, -0.1) is 0 Å². The average molecular weight is 277 g/mol. The summed E-state index contributed by atoms with van der Waals surface area (Å²) in [5, 5.41) is 3.02. The molecule has 0 radical (unpaired) electrons. The van der Waals surface area contributed by atoms with Crippen molar-refractivity contribution in [2.75, 3.05) is 31.6 Å². The van der Waals surface area contributed by atoms with Gasteiger partial charge in [-0.1, -0.05) is 12.1 Å². The molecule has 0 bridgehead atoms. The maximum Gasteiger partial charge on any atom is 0.237 e. The van der Waals surface area contributed by atoms with Crippen LogP contribution in [0.25, 0.3) is 0 Å². The van der Waals surface area contributed by atoms with Crippen molar-refractivity contribution in [2.24, 2.45) is 5.73 Å². The maximum absolute atomic E-state index is 11.6. The molecule has 3 N–H and O–H groups in total. The minimum absolute atomic E-state index is 0.320. The second-order valence-corrected chi connectivity index (χ2v) is 5.35. The smallest absolute Gasteiger partial charge is 0.237 e. The van der Waals surface area contributed by atoms with E-state index in [1.54, 1.807) is 7.05 Å². The number of rotatable bonds is 5. The lowest BCUT2D eigenvalue weighted by molar-refractivity contribution is -0.123. The summed E-state index contributed by atoms with van der Waals surface area (Å²) in [5.74, 6) is 0.592. The molecule has 0 spiro atoms. The second-order valence-electron chi connectivity index (χ2n) is 5.35. The van der Waals surface area contributed by atoms with Crippen LogP contribution in [0.5, 0.6) is 5.75 Å². The topological polar surface area (TPSA) is 67.6 Å². The first-order valence-electron chi connectivity index (χ1n) is 7.02. The fourth-order valence-electron chi connectivity index (χ4n) is 2.36. The number of primary amides is 1. The molecule has 1 aromatic carbocycles. The summed E-state index contributed by atoms with van der Waals surface area (Å²) in [5.41, 5.74) is 5.89. The van der Waals surface area contributed by atoms with Gasteiger partial charge in [0.15, 0.2) is 0 Å². The molecular formula is C15H23N3O2. The molecule has 1 aliphatic heterocycles. The fraction of sp³-hybridized carbons (Fsp3) is 0.533. The van der Waals surface area contributed by atoms with Gasteiger partial charge in [0.25, 0.3) is 0 Å². The normalized spacial score (nSPS) is 17.6. The highest BCUT2D eigenvalue weighted by Crippen LogP contribution is 2.30. The van der Waals surface area contributed by atoms with Gasteiger partial charge in [-0.3, -0.25) is 4.79 Å². The molecule has 1 heterocycles. The number of nitrogens with one attached hydrogen (secondary N) is 1. The van der Waals surface area contributed by atoms with Gasteiger partial charge in [-0.25, -0.2) is 0 Å². The maximum atomic E-state index is 11.6. The molecule has 20 heavy (non-hydrogen) atoms. The van der Waals surface area contributed by atoms with Crippen molar-refractivity contribution >= 4 is 11.6 Å². The number of hydrogen-bond donors (Lipinski definition) is 2. The van der Waals surface area contributed by atoms with E-state index in [1.165, 1.54) is 0 Å². The van der Waals surface area contributed by atoms with E-state index < -0.39 is 5.54 Å². The number of amides is 1. The van der Waals surface area contributed by atoms with Crippen molar-refractivity contribution in [1.29, 1.82) is 0 Å². The van der Waals surface area contributed by atoms with Crippen molar-refractivity contribution in [3.8, 4) is 5.75 Å². The Morgan fingerprint density at radius 1 is 1.50 bits per heavy atom. The van der Waals surface area contributed by atoms with Crippen molar-refractivity contribution < 1.29 is 9.53 Å². The van der Waals surface area contributed by atoms with E-state index >= 15 is 0 Å². The summed E-state index contributed by atoms with van der Waals surface area (Å²) < 4.78 is 5.74. The van der Waals surface area contributed by atoms with Gasteiger partial charge >= 0.3 is 0 Å². The monoisotopic (exact) mass is 277 g/mol. The first-order valence-corrected chi connectivity index (χ1v) is 7.02. The molecule has 0 saturated carbocycles. The summed E-state index contributed by atoms with van der Waals surface area (Å²) in [4.78, 5) is 13.8. The highest BCUT2D eigenvalue weighted by atomic mass is 16.5. The zero-order valence-electron chi connectivity index (χ0n) is 12.2. The Morgan fingerprint density at radius 3 is 2.95 bits per heavy atom. The van der Waals surface area contributed by atoms with Crippen LogP contribution in [0.3, 0.4) is 0 Å². The number of hydrogen-bond acceptors (Lipinski definition) is 4. The van der Waals surface area contributed by atoms with Gasteiger partial charge in [-0.2, -0.15) is 0 Å². The molecule has 1 amide bonds. The van der Waals surface area contributed by atoms with E-state index in [0.717, 1.165) is 37.6 Å². The Bertz CT molecular complexity index is 478. The molecule has 0 aromatic heterocycles. The van der Waals surface area contributed by atoms with Crippen LogP contribution in [0.4, 0.5) is 5.69 Å². The van der Waals surface area contributed by atoms with E-state index in [0.29, 0.717) is 6.42 Å². The lowest BCUT2D eigenvalue weighted by atomic mass is 9.97. The molecule has 2 rings (SSSR count). The van der Waals surface area contributed by atoms with Crippen LogP contribution in [-0.4, -0.2) is 38.2 Å². The third kappa shape index (κ3) is 3.04. The molecule has 5 nitrogen and oxygen atoms in total. The summed E-state index contributed by atoms with van der Waals surface area (Å²) in [6.45, 7) is 4.26. The Balaban J connectivity index is 2.11. The van der Waals surface area contributed by atoms with E-state index in [9.17, 15) is 4.79 Å². The minimum atomic E-state index is -0.678. The number of likely N-dealkylation sites (N-methyl/N-ethyl adjacent to an activating group) is 1. The Labute approximate surface area is 120 Å². The number of nitrogens with two attached hydrogens (primary N) is 1. The van der Waals surface area contributed by atoms with Crippen molar-refractivity contribution in [3.05, 3.63) is 24.3 Å². The van der Waals surface area contributed by atoms with Crippen LogP contribution in [0.2, 0.25) is 0 Å². The van der Waals surface area contributed by atoms with Gasteiger partial charge in [0.2, 0.25) is 5.91 Å². The zero-order chi connectivity index (χ0) is 14.6. The number of fused-ring (bicyclic) bond motifs is 1. The lowest BCUT2D eigenvalue weighted by Gasteiger charge is -2.30. The number of nitrogens with zero attached hydrogens (tertiary/aromatic N) is 1. The molecule has 5 heteroatoms. The number of ether oxygens (including phenoxy) is 1. The van der Waals surface area contributed by atoms with E-state index in [4.69, 9.17) is 10.5 Å². The molecule has 0 saturated heterocycles. The third-order valence-electron chi connectivity index (χ3n) is 4.01. The number of carbonyl (C=O) groups excluding carboxylic acids is 1. The van der Waals surface area contributed by atoms with Gasteiger partial charge in [0.05, 0.1) is 17.8 Å². The van der Waals surface area contributed by atoms with E-state index in [1.807, 2.05) is 25.1 Å². The third-order valence-corrected chi connectivity index (χ3v) is 4.01. The summed E-state index contributed by atoms with van der Waals surface area (Å²) >= 11 is 0. The Kier molecular flexibility index (Phi) is 4.49. The fourth-order valence-corrected chi connectivity index (χ4v) is 2.36. The van der Waals surface area contributed by atoms with E-state index in [-0.39, 0.29) is 5.91 Å². The lowest BCUT2D eigenvalue weighted by Crippen LogP contribution is -2.53. The van der Waals surface area contributed by atoms with E-state index in [2.05, 4.69) is 16.3 Å². The largest absolute Gasteiger partial charge is 0.491 e. The molecule has 1 atom stereocenters. The standard InChI is InChI=1S/C15H23N3O2/c1-15(17-2,14(16)19)8-10-18-9-5-11-20-13-7-4-3-6-12(13)18/h3-4,6-7,17H,5,8-11H2,1-2H3,(H2,16,19). The predicted molar refractivity (Wildman–Crippen MR) is 80.0 cm³/mol. The SMILES string of the molecule is CNC(C)(CCN1CCCOc2ccccc21)C(N)=O. The van der Waals surface area contributed by atoms with Gasteiger partial charge < -0.3 is 20.7 Å². The van der Waals surface area contributed by atoms with Crippen LogP contribution in [-0.2, 0) is 4.79 Å². The van der Waals surface area contributed by atoms with Crippen molar-refractivity contribution in [1.82, 2.24) is 5.32 Å². The number of carbonyl (C=O) groups is 1. The Hall–Kier alpha value is -1.75.